The Morgan fingerprint density at radius 2 is 1.60 bits per heavy atom. The summed E-state index contributed by atoms with van der Waals surface area (Å²) >= 11 is 0. The van der Waals surface area contributed by atoms with Crippen LogP contribution < -0.4 is 23.9 Å². The molecule has 1 aliphatic heterocycles. The van der Waals surface area contributed by atoms with Crippen LogP contribution >= 0.6 is 0 Å². The molecule has 0 bridgehead atoms. The number of sulfonamides is 1. The first-order valence-corrected chi connectivity index (χ1v) is 15.5. The van der Waals surface area contributed by atoms with Crippen molar-refractivity contribution in [2.45, 2.75) is 11.5 Å². The molecule has 9 nitrogen and oxygen atoms in total. The van der Waals surface area contributed by atoms with E-state index in [1.807, 2.05) is 18.2 Å². The summed E-state index contributed by atoms with van der Waals surface area (Å²) < 4.78 is 58.8. The van der Waals surface area contributed by atoms with E-state index in [-0.39, 0.29) is 22.9 Å². The summed E-state index contributed by atoms with van der Waals surface area (Å²) in [4.78, 5) is 12.8. The van der Waals surface area contributed by atoms with E-state index in [2.05, 4.69) is 34.8 Å². The Hall–Kier alpha value is -5.42. The highest BCUT2D eigenvalue weighted by Gasteiger charge is 2.29. The van der Waals surface area contributed by atoms with Gasteiger partial charge in [0.2, 0.25) is 0 Å². The van der Waals surface area contributed by atoms with Gasteiger partial charge in [-0.2, -0.15) is 5.10 Å². The van der Waals surface area contributed by atoms with Crippen LogP contribution in [-0.4, -0.2) is 40.3 Å². The van der Waals surface area contributed by atoms with Gasteiger partial charge >= 0.3 is 0 Å². The molecular formula is C34H28FN3O6S. The molecule has 11 heteroatoms. The summed E-state index contributed by atoms with van der Waals surface area (Å²) in [5, 5.41) is 6.30. The van der Waals surface area contributed by atoms with Crippen molar-refractivity contribution in [1.82, 2.24) is 5.43 Å². The number of carbonyl (C=O) groups excluding carboxylic acids is 1. The highest BCUT2D eigenvalue weighted by atomic mass is 32.2. The lowest BCUT2D eigenvalue weighted by atomic mass is 10.1. The molecule has 1 N–H and O–H groups in total. The van der Waals surface area contributed by atoms with Crippen LogP contribution in [0.15, 0.2) is 119 Å². The van der Waals surface area contributed by atoms with E-state index in [0.29, 0.717) is 30.3 Å². The lowest BCUT2D eigenvalue weighted by Gasteiger charge is -2.25. The summed E-state index contributed by atoms with van der Waals surface area (Å²) in [5.74, 6) is 0.121. The Morgan fingerprint density at radius 3 is 2.38 bits per heavy atom. The average Bonchev–Trinajstić information content (AvgIpc) is 3.07. The molecule has 45 heavy (non-hydrogen) atoms. The van der Waals surface area contributed by atoms with Gasteiger partial charge in [-0.15, -0.1) is 0 Å². The van der Waals surface area contributed by atoms with Gasteiger partial charge in [0.25, 0.3) is 15.9 Å². The number of rotatable bonds is 10. The summed E-state index contributed by atoms with van der Waals surface area (Å²) in [5.41, 5.74) is 4.20. The minimum Gasteiger partial charge on any atom is -0.489 e. The van der Waals surface area contributed by atoms with Gasteiger partial charge in [-0.1, -0.05) is 36.4 Å². The van der Waals surface area contributed by atoms with Crippen molar-refractivity contribution < 1.29 is 31.8 Å². The normalized spacial score (nSPS) is 12.6. The number of benzene rings is 5. The molecule has 0 fully saturated rings. The molecule has 0 saturated heterocycles. The standard InChI is InChI=1S/C34H28FN3O6S/c35-28-9-11-29(12-10-28)38(45(40,41)31-15-16-32-33(20-31)43-18-17-42-32)22-34(39)37-36-21-24-6-13-30(14-7-24)44-23-25-5-8-26-3-1-2-4-27(26)19-25/h1-16,19-21H,17-18,22-23H2,(H,37,39)/b36-21-. The number of nitrogens with one attached hydrogen (secondary N) is 1. The van der Waals surface area contributed by atoms with Gasteiger partial charge < -0.3 is 14.2 Å². The summed E-state index contributed by atoms with van der Waals surface area (Å²) in [6, 6.07) is 30.5. The first-order valence-electron chi connectivity index (χ1n) is 14.1. The van der Waals surface area contributed by atoms with E-state index in [4.69, 9.17) is 14.2 Å². The number of ether oxygens (including phenoxy) is 3. The molecular weight excluding hydrogens is 597 g/mol. The predicted octanol–water partition coefficient (Wildman–Crippen LogP) is 5.67. The van der Waals surface area contributed by atoms with Crippen LogP contribution in [0.25, 0.3) is 10.8 Å². The van der Waals surface area contributed by atoms with Gasteiger partial charge in [0.15, 0.2) is 11.5 Å². The first-order chi connectivity index (χ1) is 21.8. The van der Waals surface area contributed by atoms with Crippen molar-refractivity contribution in [2.75, 3.05) is 24.1 Å². The number of nitrogens with zero attached hydrogens (tertiary/aromatic N) is 2. The SMILES string of the molecule is O=C(CN(c1ccc(F)cc1)S(=O)(=O)c1ccc2c(c1)OCCO2)N/N=C\c1ccc(OCc2ccc3ccccc3c2)cc1. The Labute approximate surface area is 259 Å². The largest absolute Gasteiger partial charge is 0.489 e. The fourth-order valence-electron chi connectivity index (χ4n) is 4.72. The fourth-order valence-corrected chi connectivity index (χ4v) is 6.16. The number of hydrazone groups is 1. The van der Waals surface area contributed by atoms with Gasteiger partial charge in [0, 0.05) is 6.07 Å². The Morgan fingerprint density at radius 1 is 0.867 bits per heavy atom. The number of anilines is 1. The minimum atomic E-state index is -4.27. The third kappa shape index (κ3) is 7.05. The lowest BCUT2D eigenvalue weighted by Crippen LogP contribution is -2.39. The Bertz CT molecular complexity index is 1970. The van der Waals surface area contributed by atoms with Gasteiger partial charge in [-0.05, 0) is 88.6 Å². The second kappa shape index (κ2) is 13.1. The third-order valence-electron chi connectivity index (χ3n) is 7.01. The molecule has 1 aliphatic rings. The molecule has 0 saturated carbocycles. The molecule has 0 aliphatic carbocycles. The predicted molar refractivity (Wildman–Crippen MR) is 169 cm³/mol. The molecule has 5 aromatic rings. The molecule has 0 aromatic heterocycles. The van der Waals surface area contributed by atoms with E-state index in [0.717, 1.165) is 27.4 Å². The zero-order valence-corrected chi connectivity index (χ0v) is 24.7. The van der Waals surface area contributed by atoms with Gasteiger partial charge in [0.05, 0.1) is 16.8 Å². The molecule has 0 unspecified atom stereocenters. The van der Waals surface area contributed by atoms with E-state index in [9.17, 15) is 17.6 Å². The van der Waals surface area contributed by atoms with Crippen LogP contribution in [0.1, 0.15) is 11.1 Å². The van der Waals surface area contributed by atoms with Crippen LogP contribution in [0.4, 0.5) is 10.1 Å². The average molecular weight is 626 g/mol. The van der Waals surface area contributed by atoms with E-state index >= 15 is 0 Å². The van der Waals surface area contributed by atoms with Gasteiger partial charge in [-0.3, -0.25) is 9.10 Å². The summed E-state index contributed by atoms with van der Waals surface area (Å²) in [6.07, 6.45) is 1.43. The molecule has 1 amide bonds. The van der Waals surface area contributed by atoms with Crippen molar-refractivity contribution >= 4 is 38.6 Å². The number of halogens is 1. The number of fused-ring (bicyclic) bond motifs is 2. The Balaban J connectivity index is 1.10. The van der Waals surface area contributed by atoms with Crippen molar-refractivity contribution in [3.8, 4) is 17.2 Å². The monoisotopic (exact) mass is 625 g/mol. The van der Waals surface area contributed by atoms with Crippen molar-refractivity contribution in [3.05, 3.63) is 126 Å². The third-order valence-corrected chi connectivity index (χ3v) is 8.78. The molecule has 6 rings (SSSR count). The first kappa shape index (κ1) is 29.6. The molecule has 0 atom stereocenters. The van der Waals surface area contributed by atoms with E-state index < -0.39 is 28.3 Å². The fraction of sp³-hybridized carbons (Fsp3) is 0.118. The molecule has 1 heterocycles. The van der Waals surface area contributed by atoms with Crippen LogP contribution in [-0.2, 0) is 21.4 Å². The lowest BCUT2D eigenvalue weighted by molar-refractivity contribution is -0.119. The van der Waals surface area contributed by atoms with Gasteiger partial charge in [-0.25, -0.2) is 18.2 Å². The topological polar surface area (TPSA) is 107 Å². The number of amides is 1. The van der Waals surface area contributed by atoms with E-state index in [1.54, 1.807) is 24.3 Å². The molecule has 5 aromatic carbocycles. The van der Waals surface area contributed by atoms with Crippen molar-refractivity contribution in [2.24, 2.45) is 5.10 Å². The second-order valence-electron chi connectivity index (χ2n) is 10.1. The minimum absolute atomic E-state index is 0.102. The van der Waals surface area contributed by atoms with Crippen LogP contribution in [0, 0.1) is 5.82 Å². The maximum absolute atomic E-state index is 13.7. The van der Waals surface area contributed by atoms with Gasteiger partial charge in [0.1, 0.15) is 37.9 Å². The highest BCUT2D eigenvalue weighted by molar-refractivity contribution is 7.92. The van der Waals surface area contributed by atoms with Crippen LogP contribution in [0.3, 0.4) is 0 Å². The van der Waals surface area contributed by atoms with Crippen LogP contribution in [0.5, 0.6) is 17.2 Å². The second-order valence-corrected chi connectivity index (χ2v) is 12.0. The number of carbonyl (C=O) groups is 1. The van der Waals surface area contributed by atoms with E-state index in [1.165, 1.54) is 41.9 Å². The molecule has 0 radical (unpaired) electrons. The van der Waals surface area contributed by atoms with Crippen molar-refractivity contribution in [1.29, 1.82) is 0 Å². The zero-order valence-electron chi connectivity index (χ0n) is 23.9. The number of hydrogen-bond acceptors (Lipinski definition) is 7. The maximum atomic E-state index is 13.7. The highest BCUT2D eigenvalue weighted by Crippen LogP contribution is 2.34. The summed E-state index contributed by atoms with van der Waals surface area (Å²) in [7, 11) is -4.27. The quantitative estimate of drug-likeness (QED) is 0.158. The Kier molecular flexibility index (Phi) is 8.61. The van der Waals surface area contributed by atoms with Crippen molar-refractivity contribution in [3.63, 3.8) is 0 Å². The maximum Gasteiger partial charge on any atom is 0.264 e. The summed E-state index contributed by atoms with van der Waals surface area (Å²) in [6.45, 7) is 0.431. The molecule has 0 spiro atoms. The molecule has 228 valence electrons. The zero-order chi connectivity index (χ0) is 31.2. The van der Waals surface area contributed by atoms with Crippen LogP contribution in [0.2, 0.25) is 0 Å². The smallest absolute Gasteiger partial charge is 0.264 e. The number of hydrogen-bond donors (Lipinski definition) is 1.